The molecule has 0 radical (unpaired) electrons. The predicted octanol–water partition coefficient (Wildman–Crippen LogP) is 5.08. The Labute approximate surface area is 129 Å². The monoisotopic (exact) mass is 307 g/mol. The molecule has 0 bridgehead atoms. The highest BCUT2D eigenvalue weighted by Gasteiger charge is 2.12. The lowest BCUT2D eigenvalue weighted by Gasteiger charge is -2.14. The van der Waals surface area contributed by atoms with Crippen molar-refractivity contribution in [1.82, 2.24) is 5.32 Å². The Morgan fingerprint density at radius 2 is 2.00 bits per heavy atom. The number of ether oxygens (including phenoxy) is 1. The first-order valence-corrected chi connectivity index (χ1v) is 7.41. The molecule has 0 saturated carbocycles. The molecule has 1 N–H and O–H groups in total. The predicted molar refractivity (Wildman–Crippen MR) is 84.7 cm³/mol. The fourth-order valence-corrected chi connectivity index (χ4v) is 2.16. The summed E-state index contributed by atoms with van der Waals surface area (Å²) in [6.45, 7) is 5.29. The topological polar surface area (TPSA) is 21.3 Å². The van der Waals surface area contributed by atoms with E-state index in [2.05, 4.69) is 12.2 Å². The van der Waals surface area contributed by atoms with Crippen LogP contribution >= 0.6 is 11.6 Å². The van der Waals surface area contributed by atoms with Gasteiger partial charge >= 0.3 is 0 Å². The van der Waals surface area contributed by atoms with Crippen molar-refractivity contribution in [3.63, 3.8) is 0 Å². The first-order valence-electron chi connectivity index (χ1n) is 7.04. The van der Waals surface area contributed by atoms with Crippen molar-refractivity contribution in [2.24, 2.45) is 0 Å². The molecule has 0 unspecified atom stereocenters. The largest absolute Gasteiger partial charge is 0.455 e. The Morgan fingerprint density at radius 1 is 1.19 bits per heavy atom. The van der Waals surface area contributed by atoms with E-state index in [4.69, 9.17) is 16.3 Å². The van der Waals surface area contributed by atoms with Gasteiger partial charge in [-0.05, 0) is 49.7 Å². The Balaban J connectivity index is 2.26. The second-order valence-electron chi connectivity index (χ2n) is 4.93. The van der Waals surface area contributed by atoms with Gasteiger partial charge in [0.2, 0.25) is 0 Å². The molecule has 0 aliphatic carbocycles. The van der Waals surface area contributed by atoms with E-state index in [1.807, 2.05) is 19.1 Å². The third-order valence-corrected chi connectivity index (χ3v) is 3.42. The minimum absolute atomic E-state index is 0.278. The zero-order valence-electron chi connectivity index (χ0n) is 12.2. The van der Waals surface area contributed by atoms with E-state index in [-0.39, 0.29) is 5.82 Å². The fourth-order valence-electron chi connectivity index (χ4n) is 2.00. The minimum atomic E-state index is -0.278. The highest BCUT2D eigenvalue weighted by atomic mass is 35.5. The molecule has 0 spiro atoms. The lowest BCUT2D eigenvalue weighted by atomic mass is 10.1. The van der Waals surface area contributed by atoms with Crippen LogP contribution in [0.2, 0.25) is 5.02 Å². The van der Waals surface area contributed by atoms with Crippen LogP contribution in [-0.2, 0) is 6.54 Å². The zero-order valence-corrected chi connectivity index (χ0v) is 13.0. The third-order valence-electron chi connectivity index (χ3n) is 3.11. The standard InChI is InChI=1S/C17H19ClFNO/c1-3-9-20-11-13-15(19)5-4-6-16(13)21-17-10-12(2)7-8-14(17)18/h4-8,10,20H,3,9,11H2,1-2H3. The van der Waals surface area contributed by atoms with E-state index in [0.717, 1.165) is 18.5 Å². The second-order valence-corrected chi connectivity index (χ2v) is 5.34. The van der Waals surface area contributed by atoms with Gasteiger partial charge in [0, 0.05) is 12.1 Å². The van der Waals surface area contributed by atoms with Gasteiger partial charge in [-0.1, -0.05) is 30.7 Å². The van der Waals surface area contributed by atoms with E-state index in [1.54, 1.807) is 18.2 Å². The second kappa shape index (κ2) is 7.43. The van der Waals surface area contributed by atoms with Gasteiger partial charge in [0.05, 0.1) is 5.02 Å². The normalized spacial score (nSPS) is 10.7. The van der Waals surface area contributed by atoms with Crippen LogP contribution in [0, 0.1) is 12.7 Å². The number of rotatable bonds is 6. The maximum atomic E-state index is 14.0. The van der Waals surface area contributed by atoms with Crippen LogP contribution in [-0.4, -0.2) is 6.54 Å². The number of hydrogen-bond acceptors (Lipinski definition) is 2. The number of hydrogen-bond donors (Lipinski definition) is 1. The minimum Gasteiger partial charge on any atom is -0.455 e. The first kappa shape index (κ1) is 15.8. The molecular formula is C17H19ClFNO. The van der Waals surface area contributed by atoms with E-state index in [9.17, 15) is 4.39 Å². The van der Waals surface area contributed by atoms with Gasteiger partial charge in [-0.3, -0.25) is 0 Å². The molecule has 0 amide bonds. The smallest absolute Gasteiger partial charge is 0.146 e. The van der Waals surface area contributed by atoms with Gasteiger partial charge in [-0.15, -0.1) is 0 Å². The summed E-state index contributed by atoms with van der Waals surface area (Å²) in [5.41, 5.74) is 1.56. The summed E-state index contributed by atoms with van der Waals surface area (Å²) in [5.74, 6) is 0.755. The molecule has 2 aromatic carbocycles. The summed E-state index contributed by atoms with van der Waals surface area (Å²) in [4.78, 5) is 0. The molecule has 0 aliphatic heterocycles. The van der Waals surface area contributed by atoms with Crippen molar-refractivity contribution in [2.75, 3.05) is 6.54 Å². The maximum Gasteiger partial charge on any atom is 0.146 e. The van der Waals surface area contributed by atoms with Crippen LogP contribution in [0.3, 0.4) is 0 Å². The Hall–Kier alpha value is -1.58. The van der Waals surface area contributed by atoms with Crippen molar-refractivity contribution >= 4 is 11.6 Å². The van der Waals surface area contributed by atoms with E-state index >= 15 is 0 Å². The van der Waals surface area contributed by atoms with Crippen LogP contribution in [0.15, 0.2) is 36.4 Å². The van der Waals surface area contributed by atoms with Crippen LogP contribution in [0.1, 0.15) is 24.5 Å². The molecular weight excluding hydrogens is 289 g/mol. The number of nitrogens with one attached hydrogen (secondary N) is 1. The maximum absolute atomic E-state index is 14.0. The molecule has 0 atom stereocenters. The Bertz CT molecular complexity index is 616. The number of aryl methyl sites for hydroxylation is 1. The molecule has 0 aromatic heterocycles. The van der Waals surface area contributed by atoms with E-state index < -0.39 is 0 Å². The first-order chi connectivity index (χ1) is 10.1. The molecule has 0 fully saturated rings. The highest BCUT2D eigenvalue weighted by molar-refractivity contribution is 6.32. The van der Waals surface area contributed by atoms with Crippen LogP contribution in [0.5, 0.6) is 11.5 Å². The average Bonchev–Trinajstić information content (AvgIpc) is 2.46. The Kier molecular flexibility index (Phi) is 5.59. The fraction of sp³-hybridized carbons (Fsp3) is 0.294. The molecule has 112 valence electrons. The van der Waals surface area contributed by atoms with Gasteiger partial charge in [-0.2, -0.15) is 0 Å². The van der Waals surface area contributed by atoms with E-state index in [1.165, 1.54) is 6.07 Å². The quantitative estimate of drug-likeness (QED) is 0.751. The van der Waals surface area contributed by atoms with Gasteiger partial charge in [0.1, 0.15) is 17.3 Å². The summed E-state index contributed by atoms with van der Waals surface area (Å²) in [6, 6.07) is 10.4. The molecule has 0 saturated heterocycles. The van der Waals surface area contributed by atoms with Gasteiger partial charge < -0.3 is 10.1 Å². The van der Waals surface area contributed by atoms with Crippen LogP contribution in [0.25, 0.3) is 0 Å². The van der Waals surface area contributed by atoms with Crippen molar-refractivity contribution in [1.29, 1.82) is 0 Å². The summed E-state index contributed by atoms with van der Waals surface area (Å²) < 4.78 is 19.8. The average molecular weight is 308 g/mol. The summed E-state index contributed by atoms with van der Waals surface area (Å²) in [5, 5.41) is 3.70. The lowest BCUT2D eigenvalue weighted by molar-refractivity contribution is 0.462. The molecule has 2 nitrogen and oxygen atoms in total. The zero-order chi connectivity index (χ0) is 15.2. The summed E-state index contributed by atoms with van der Waals surface area (Å²) in [6.07, 6.45) is 0.994. The van der Waals surface area contributed by atoms with Crippen molar-refractivity contribution in [3.8, 4) is 11.5 Å². The molecule has 0 aliphatic rings. The summed E-state index contributed by atoms with van der Waals surface area (Å²) in [7, 11) is 0. The highest BCUT2D eigenvalue weighted by Crippen LogP contribution is 2.32. The van der Waals surface area contributed by atoms with E-state index in [0.29, 0.717) is 28.6 Å². The third kappa shape index (κ3) is 4.19. The van der Waals surface area contributed by atoms with Gasteiger partial charge in [-0.25, -0.2) is 4.39 Å². The molecule has 21 heavy (non-hydrogen) atoms. The molecule has 4 heteroatoms. The van der Waals surface area contributed by atoms with Gasteiger partial charge in [0.25, 0.3) is 0 Å². The van der Waals surface area contributed by atoms with Gasteiger partial charge in [0.15, 0.2) is 0 Å². The summed E-state index contributed by atoms with van der Waals surface area (Å²) >= 11 is 6.13. The molecule has 0 heterocycles. The van der Waals surface area contributed by atoms with Crippen molar-refractivity contribution in [3.05, 3.63) is 58.4 Å². The van der Waals surface area contributed by atoms with Crippen molar-refractivity contribution in [2.45, 2.75) is 26.8 Å². The number of halogens is 2. The lowest BCUT2D eigenvalue weighted by Crippen LogP contribution is -2.15. The molecule has 2 aromatic rings. The molecule has 2 rings (SSSR count). The van der Waals surface area contributed by atoms with Crippen LogP contribution < -0.4 is 10.1 Å². The number of benzene rings is 2. The Morgan fingerprint density at radius 3 is 2.76 bits per heavy atom. The van der Waals surface area contributed by atoms with Crippen LogP contribution in [0.4, 0.5) is 4.39 Å². The SMILES string of the molecule is CCCNCc1c(F)cccc1Oc1cc(C)ccc1Cl. The van der Waals surface area contributed by atoms with Crippen molar-refractivity contribution < 1.29 is 9.13 Å².